The van der Waals surface area contributed by atoms with Crippen molar-refractivity contribution >= 4 is 5.97 Å². The van der Waals surface area contributed by atoms with Crippen LogP contribution in [0.4, 0.5) is 0 Å². The van der Waals surface area contributed by atoms with Gasteiger partial charge in [0.05, 0.1) is 25.2 Å². The molecule has 1 aromatic heterocycles. The number of fused-ring (bicyclic) bond motifs is 1. The molecule has 0 saturated heterocycles. The van der Waals surface area contributed by atoms with E-state index in [9.17, 15) is 4.79 Å². The average Bonchev–Trinajstić information content (AvgIpc) is 2.82. The van der Waals surface area contributed by atoms with Crippen molar-refractivity contribution in [2.45, 2.75) is 51.6 Å². The molecule has 0 radical (unpaired) electrons. The van der Waals surface area contributed by atoms with Crippen molar-refractivity contribution in [1.29, 1.82) is 0 Å². The summed E-state index contributed by atoms with van der Waals surface area (Å²) >= 11 is 0. The predicted octanol–water partition coefficient (Wildman–Crippen LogP) is 1.30. The summed E-state index contributed by atoms with van der Waals surface area (Å²) in [6.07, 6.45) is 6.38. The summed E-state index contributed by atoms with van der Waals surface area (Å²) in [6.45, 7) is 4.66. The van der Waals surface area contributed by atoms with Crippen LogP contribution in [0.25, 0.3) is 0 Å². The van der Waals surface area contributed by atoms with E-state index in [1.807, 2.05) is 20.2 Å². The van der Waals surface area contributed by atoms with Gasteiger partial charge in [0.1, 0.15) is 5.54 Å². The highest BCUT2D eigenvalue weighted by atomic mass is 16.5. The Bertz CT molecular complexity index is 456. The fraction of sp³-hybridized carbons (Fsp3) is 0.714. The first-order chi connectivity index (χ1) is 9.10. The Labute approximate surface area is 114 Å². The molecule has 1 unspecified atom stereocenters. The number of imidazole rings is 1. The topological polar surface area (TPSA) is 56.2 Å². The number of aromatic nitrogens is 2. The maximum absolute atomic E-state index is 12.1. The standard InChI is InChI=1S/C14H23N3O2/c1-4-19-13(18)14(2,15-3)9-17-10-16-11-7-5-6-8-12(11)17/h10,15H,4-9H2,1-3H3. The number of hydrogen-bond acceptors (Lipinski definition) is 4. The van der Waals surface area contributed by atoms with Gasteiger partial charge in [-0.2, -0.15) is 0 Å². The number of aryl methyl sites for hydroxylation is 1. The van der Waals surface area contributed by atoms with E-state index in [1.165, 1.54) is 24.2 Å². The Balaban J connectivity index is 2.18. The number of hydrogen-bond donors (Lipinski definition) is 1. The summed E-state index contributed by atoms with van der Waals surface area (Å²) in [7, 11) is 1.79. The number of nitrogens with one attached hydrogen (secondary N) is 1. The normalized spacial score (nSPS) is 17.6. The number of esters is 1. The molecule has 1 aliphatic rings. The van der Waals surface area contributed by atoms with E-state index in [-0.39, 0.29) is 5.97 Å². The first-order valence-electron chi connectivity index (χ1n) is 6.99. The Hall–Kier alpha value is -1.36. The van der Waals surface area contributed by atoms with E-state index in [2.05, 4.69) is 14.9 Å². The van der Waals surface area contributed by atoms with Crippen LogP contribution in [0.1, 0.15) is 38.1 Å². The molecule has 1 heterocycles. The second-order valence-electron chi connectivity index (χ2n) is 5.28. The lowest BCUT2D eigenvalue weighted by Gasteiger charge is -2.28. The van der Waals surface area contributed by atoms with Crippen LogP contribution in [-0.2, 0) is 28.9 Å². The molecule has 0 spiro atoms. The van der Waals surface area contributed by atoms with E-state index >= 15 is 0 Å². The second kappa shape index (κ2) is 5.74. The molecule has 5 heteroatoms. The molecule has 0 aromatic carbocycles. The largest absolute Gasteiger partial charge is 0.465 e. The molecule has 0 fully saturated rings. The van der Waals surface area contributed by atoms with Gasteiger partial charge in [0.2, 0.25) is 0 Å². The second-order valence-corrected chi connectivity index (χ2v) is 5.28. The van der Waals surface area contributed by atoms with Gasteiger partial charge < -0.3 is 14.6 Å². The zero-order chi connectivity index (χ0) is 13.9. The number of nitrogens with zero attached hydrogens (tertiary/aromatic N) is 2. The predicted molar refractivity (Wildman–Crippen MR) is 73.0 cm³/mol. The van der Waals surface area contributed by atoms with E-state index in [0.717, 1.165) is 12.8 Å². The number of ether oxygens (including phenoxy) is 1. The van der Waals surface area contributed by atoms with Crippen molar-refractivity contribution in [1.82, 2.24) is 14.9 Å². The number of likely N-dealkylation sites (N-methyl/N-ethyl adjacent to an activating group) is 1. The van der Waals surface area contributed by atoms with Gasteiger partial charge in [0.15, 0.2) is 0 Å². The minimum Gasteiger partial charge on any atom is -0.465 e. The summed E-state index contributed by atoms with van der Waals surface area (Å²) in [5.41, 5.74) is 1.76. The fourth-order valence-electron chi connectivity index (χ4n) is 2.54. The van der Waals surface area contributed by atoms with Crippen LogP contribution in [0, 0.1) is 0 Å². The third-order valence-electron chi connectivity index (χ3n) is 3.87. The summed E-state index contributed by atoms with van der Waals surface area (Å²) in [5.74, 6) is -0.212. The van der Waals surface area contributed by atoms with E-state index in [1.54, 1.807) is 7.05 Å². The van der Waals surface area contributed by atoms with Crippen LogP contribution in [-0.4, -0.2) is 34.7 Å². The quantitative estimate of drug-likeness (QED) is 0.815. The van der Waals surface area contributed by atoms with Crippen molar-refractivity contribution < 1.29 is 9.53 Å². The van der Waals surface area contributed by atoms with Crippen LogP contribution >= 0.6 is 0 Å². The Morgan fingerprint density at radius 3 is 2.95 bits per heavy atom. The van der Waals surface area contributed by atoms with E-state index in [4.69, 9.17) is 4.74 Å². The third-order valence-corrected chi connectivity index (χ3v) is 3.87. The fourth-order valence-corrected chi connectivity index (χ4v) is 2.54. The monoisotopic (exact) mass is 265 g/mol. The molecule has 0 amide bonds. The first kappa shape index (κ1) is 14.1. The van der Waals surface area contributed by atoms with Crippen molar-refractivity contribution in [3.8, 4) is 0 Å². The van der Waals surface area contributed by atoms with Crippen LogP contribution in [0.15, 0.2) is 6.33 Å². The van der Waals surface area contributed by atoms with Gasteiger partial charge in [0, 0.05) is 5.69 Å². The van der Waals surface area contributed by atoms with Crippen LogP contribution in [0.3, 0.4) is 0 Å². The molecule has 5 nitrogen and oxygen atoms in total. The summed E-state index contributed by atoms with van der Waals surface area (Å²) in [5, 5.41) is 3.08. The molecule has 1 aliphatic carbocycles. The van der Waals surface area contributed by atoms with Crippen molar-refractivity contribution in [2.75, 3.05) is 13.7 Å². The highest BCUT2D eigenvalue weighted by molar-refractivity contribution is 5.80. The van der Waals surface area contributed by atoms with Crippen LogP contribution < -0.4 is 5.32 Å². The van der Waals surface area contributed by atoms with Gasteiger partial charge in [-0.05, 0) is 46.6 Å². The molecular weight excluding hydrogens is 242 g/mol. The molecule has 0 saturated carbocycles. The SMILES string of the molecule is CCOC(=O)C(C)(Cn1cnc2c1CCCC2)NC. The number of carbonyl (C=O) groups is 1. The summed E-state index contributed by atoms with van der Waals surface area (Å²) < 4.78 is 7.25. The summed E-state index contributed by atoms with van der Waals surface area (Å²) in [6, 6.07) is 0. The minimum atomic E-state index is -0.706. The molecule has 1 atom stereocenters. The molecule has 19 heavy (non-hydrogen) atoms. The third kappa shape index (κ3) is 2.81. The van der Waals surface area contributed by atoms with Crippen molar-refractivity contribution in [3.05, 3.63) is 17.7 Å². The lowest BCUT2D eigenvalue weighted by Crippen LogP contribution is -2.52. The van der Waals surface area contributed by atoms with Crippen molar-refractivity contribution in [3.63, 3.8) is 0 Å². The Kier molecular flexibility index (Phi) is 4.24. The molecular formula is C14H23N3O2. The van der Waals surface area contributed by atoms with Crippen LogP contribution in [0.5, 0.6) is 0 Å². The lowest BCUT2D eigenvalue weighted by atomic mass is 9.99. The van der Waals surface area contributed by atoms with Crippen molar-refractivity contribution in [2.24, 2.45) is 0 Å². The van der Waals surface area contributed by atoms with Gasteiger partial charge in [-0.15, -0.1) is 0 Å². The zero-order valence-electron chi connectivity index (χ0n) is 12.0. The average molecular weight is 265 g/mol. The smallest absolute Gasteiger partial charge is 0.327 e. The van der Waals surface area contributed by atoms with Gasteiger partial charge in [-0.1, -0.05) is 0 Å². The zero-order valence-corrected chi connectivity index (χ0v) is 12.0. The maximum atomic E-state index is 12.1. The lowest BCUT2D eigenvalue weighted by molar-refractivity contribution is -0.150. The number of carbonyl (C=O) groups excluding carboxylic acids is 1. The first-order valence-corrected chi connectivity index (χ1v) is 6.99. The summed E-state index contributed by atoms with van der Waals surface area (Å²) in [4.78, 5) is 16.5. The Morgan fingerprint density at radius 2 is 2.26 bits per heavy atom. The van der Waals surface area contributed by atoms with Crippen LogP contribution in [0.2, 0.25) is 0 Å². The highest BCUT2D eigenvalue weighted by Gasteiger charge is 2.34. The molecule has 1 aromatic rings. The Morgan fingerprint density at radius 1 is 1.53 bits per heavy atom. The van der Waals surface area contributed by atoms with Gasteiger partial charge in [0.25, 0.3) is 0 Å². The molecule has 0 aliphatic heterocycles. The van der Waals surface area contributed by atoms with E-state index < -0.39 is 5.54 Å². The molecule has 2 rings (SSSR count). The molecule has 0 bridgehead atoms. The molecule has 1 N–H and O–H groups in total. The van der Waals surface area contributed by atoms with Gasteiger partial charge in [-0.3, -0.25) is 0 Å². The van der Waals surface area contributed by atoms with Gasteiger partial charge in [-0.25, -0.2) is 9.78 Å². The minimum absolute atomic E-state index is 0.212. The highest BCUT2D eigenvalue weighted by Crippen LogP contribution is 2.22. The van der Waals surface area contributed by atoms with Gasteiger partial charge >= 0.3 is 5.97 Å². The number of rotatable bonds is 5. The molecule has 106 valence electrons. The maximum Gasteiger partial charge on any atom is 0.327 e. The van der Waals surface area contributed by atoms with E-state index in [0.29, 0.717) is 13.2 Å².